The number of rotatable bonds is 2. The van der Waals surface area contributed by atoms with E-state index in [0.717, 1.165) is 18.4 Å². The fourth-order valence-electron chi connectivity index (χ4n) is 1.61. The number of phenols is 2. The van der Waals surface area contributed by atoms with E-state index in [4.69, 9.17) is 0 Å². The lowest BCUT2D eigenvalue weighted by atomic mass is 10.2. The number of phenolic OH excluding ortho intramolecular Hbond substituents is 2. The molecule has 0 fully saturated rings. The van der Waals surface area contributed by atoms with Crippen molar-refractivity contribution in [1.29, 1.82) is 0 Å². The molecule has 0 aromatic heterocycles. The number of benzene rings is 2. The first-order chi connectivity index (χ1) is 8.97. The summed E-state index contributed by atoms with van der Waals surface area (Å²) >= 11 is 4.29. The summed E-state index contributed by atoms with van der Waals surface area (Å²) in [5.41, 5.74) is 2.34. The lowest BCUT2D eigenvalue weighted by molar-refractivity contribution is 0.470. The fraction of sp³-hybridized carbons (Fsp3) is 0.0714. The number of nitrogens with zero attached hydrogens (tertiary/aromatic N) is 1. The molecular weight excluding hydrogens is 468 g/mol. The first-order valence-electron chi connectivity index (χ1n) is 5.49. The summed E-state index contributed by atoms with van der Waals surface area (Å²) in [4.78, 5) is 4.36. The predicted octanol–water partition coefficient (Wildman–Crippen LogP) is 4.37. The van der Waals surface area contributed by atoms with E-state index in [1.807, 2.05) is 19.1 Å². The zero-order valence-corrected chi connectivity index (χ0v) is 14.4. The van der Waals surface area contributed by atoms with Crippen LogP contribution in [0.4, 0.5) is 5.69 Å². The van der Waals surface area contributed by atoms with Crippen molar-refractivity contribution in [3.05, 3.63) is 48.6 Å². The first kappa shape index (κ1) is 14.6. The van der Waals surface area contributed by atoms with Gasteiger partial charge in [0.1, 0.15) is 11.5 Å². The van der Waals surface area contributed by atoms with Gasteiger partial charge in [0.15, 0.2) is 0 Å². The van der Waals surface area contributed by atoms with Gasteiger partial charge in [-0.3, -0.25) is 4.99 Å². The molecule has 2 aromatic rings. The third kappa shape index (κ3) is 3.59. The molecule has 0 saturated heterocycles. The van der Waals surface area contributed by atoms with Crippen LogP contribution in [0.2, 0.25) is 0 Å². The smallest absolute Gasteiger partial charge is 0.137 e. The minimum atomic E-state index is 0.225. The Morgan fingerprint density at radius 2 is 1.84 bits per heavy atom. The van der Waals surface area contributed by atoms with Gasteiger partial charge in [-0.25, -0.2) is 0 Å². The summed E-state index contributed by atoms with van der Waals surface area (Å²) in [5.74, 6) is 0.462. The normalized spacial score (nSPS) is 11.1. The molecule has 0 aliphatic carbocycles. The van der Waals surface area contributed by atoms with Crippen LogP contribution in [0.15, 0.2) is 35.3 Å². The highest BCUT2D eigenvalue weighted by Gasteiger charge is 2.05. The Morgan fingerprint density at radius 3 is 2.53 bits per heavy atom. The molecule has 0 aliphatic heterocycles. The van der Waals surface area contributed by atoms with Crippen molar-refractivity contribution in [3.63, 3.8) is 0 Å². The van der Waals surface area contributed by atoms with E-state index < -0.39 is 0 Å². The number of hydrogen-bond donors (Lipinski definition) is 2. The minimum Gasteiger partial charge on any atom is -0.508 e. The van der Waals surface area contributed by atoms with Crippen LogP contribution in [0.1, 0.15) is 11.1 Å². The molecule has 0 aliphatic rings. The number of aromatic hydroxyl groups is 2. The average Bonchev–Trinajstić information content (AvgIpc) is 2.33. The van der Waals surface area contributed by atoms with E-state index in [1.54, 1.807) is 24.4 Å². The Labute approximate surface area is 138 Å². The summed E-state index contributed by atoms with van der Waals surface area (Å²) in [7, 11) is 0. The molecule has 5 heteroatoms. The van der Waals surface area contributed by atoms with Gasteiger partial charge in [0, 0.05) is 15.3 Å². The number of halogens is 2. The van der Waals surface area contributed by atoms with Gasteiger partial charge in [-0.1, -0.05) is 0 Å². The predicted molar refractivity (Wildman–Crippen MR) is 93.6 cm³/mol. The summed E-state index contributed by atoms with van der Waals surface area (Å²) in [6.45, 7) is 1.88. The molecule has 19 heavy (non-hydrogen) atoms. The standard InChI is InChI=1S/C14H11I2NO2/c1-8-4-11(18)2-3-13(8)17-7-9-5-10(15)6-12(16)14(9)19/h2-7,18-19H,1H3/b17-7+. The lowest BCUT2D eigenvalue weighted by Gasteiger charge is -2.04. The molecule has 2 aromatic carbocycles. The monoisotopic (exact) mass is 479 g/mol. The quantitative estimate of drug-likeness (QED) is 0.497. The Balaban J connectivity index is 2.38. The van der Waals surface area contributed by atoms with E-state index in [0.29, 0.717) is 5.56 Å². The summed E-state index contributed by atoms with van der Waals surface area (Å²) in [6, 6.07) is 8.77. The van der Waals surface area contributed by atoms with Crippen molar-refractivity contribution in [2.45, 2.75) is 6.92 Å². The van der Waals surface area contributed by atoms with Crippen LogP contribution < -0.4 is 0 Å². The van der Waals surface area contributed by atoms with Gasteiger partial charge in [0.05, 0.1) is 9.26 Å². The Morgan fingerprint density at radius 1 is 1.11 bits per heavy atom. The molecule has 0 radical (unpaired) electrons. The van der Waals surface area contributed by atoms with Crippen molar-refractivity contribution in [2.75, 3.05) is 0 Å². The minimum absolute atomic E-state index is 0.225. The summed E-state index contributed by atoms with van der Waals surface area (Å²) in [5, 5.41) is 19.3. The highest BCUT2D eigenvalue weighted by Crippen LogP contribution is 2.27. The molecule has 0 unspecified atom stereocenters. The van der Waals surface area contributed by atoms with Crippen LogP contribution in [-0.2, 0) is 0 Å². The van der Waals surface area contributed by atoms with Crippen LogP contribution in [0.3, 0.4) is 0 Å². The maximum absolute atomic E-state index is 9.97. The molecule has 0 atom stereocenters. The molecule has 0 bridgehead atoms. The van der Waals surface area contributed by atoms with E-state index in [9.17, 15) is 10.2 Å². The molecule has 0 amide bonds. The number of aryl methyl sites for hydroxylation is 1. The van der Waals surface area contributed by atoms with Gasteiger partial charge in [-0.15, -0.1) is 0 Å². The van der Waals surface area contributed by atoms with E-state index in [2.05, 4.69) is 50.2 Å². The number of aliphatic imine (C=N–C) groups is 1. The summed E-state index contributed by atoms with van der Waals surface area (Å²) in [6.07, 6.45) is 1.64. The third-order valence-corrected chi connectivity index (χ3v) is 4.03. The largest absolute Gasteiger partial charge is 0.508 e. The van der Waals surface area contributed by atoms with Gasteiger partial charge in [-0.05, 0) is 88.0 Å². The number of hydrogen-bond acceptors (Lipinski definition) is 3. The molecule has 2 rings (SSSR count). The van der Waals surface area contributed by atoms with Crippen molar-refractivity contribution in [3.8, 4) is 11.5 Å². The van der Waals surface area contributed by atoms with Crippen LogP contribution in [0.5, 0.6) is 11.5 Å². The Hall–Kier alpha value is -0.830. The third-order valence-electron chi connectivity index (χ3n) is 2.58. The van der Waals surface area contributed by atoms with Gasteiger partial charge >= 0.3 is 0 Å². The zero-order chi connectivity index (χ0) is 14.0. The van der Waals surface area contributed by atoms with Gasteiger partial charge in [0.2, 0.25) is 0 Å². The van der Waals surface area contributed by atoms with Crippen LogP contribution >= 0.6 is 45.2 Å². The average molecular weight is 479 g/mol. The fourth-order valence-corrected chi connectivity index (χ4v) is 3.50. The highest BCUT2D eigenvalue weighted by molar-refractivity contribution is 14.1. The zero-order valence-electron chi connectivity index (χ0n) is 10.1. The topological polar surface area (TPSA) is 52.8 Å². The van der Waals surface area contributed by atoms with Crippen LogP contribution in [0.25, 0.3) is 0 Å². The second kappa shape index (κ2) is 6.08. The molecular formula is C14H11I2NO2. The van der Waals surface area contributed by atoms with Gasteiger partial charge in [0.25, 0.3) is 0 Å². The van der Waals surface area contributed by atoms with Crippen LogP contribution in [-0.4, -0.2) is 16.4 Å². The molecule has 0 saturated carbocycles. The van der Waals surface area contributed by atoms with E-state index >= 15 is 0 Å². The highest BCUT2D eigenvalue weighted by atomic mass is 127. The molecule has 98 valence electrons. The van der Waals surface area contributed by atoms with E-state index in [1.165, 1.54) is 0 Å². The van der Waals surface area contributed by atoms with Crippen molar-refractivity contribution in [2.24, 2.45) is 4.99 Å². The molecule has 0 spiro atoms. The SMILES string of the molecule is Cc1cc(O)ccc1/N=C/c1cc(I)cc(I)c1O. The Bertz CT molecular complexity index is 654. The van der Waals surface area contributed by atoms with Gasteiger partial charge < -0.3 is 10.2 Å². The van der Waals surface area contributed by atoms with Crippen molar-refractivity contribution >= 4 is 57.1 Å². The van der Waals surface area contributed by atoms with Crippen molar-refractivity contribution in [1.82, 2.24) is 0 Å². The van der Waals surface area contributed by atoms with Crippen molar-refractivity contribution < 1.29 is 10.2 Å². The van der Waals surface area contributed by atoms with Crippen LogP contribution in [0, 0.1) is 14.1 Å². The summed E-state index contributed by atoms with van der Waals surface area (Å²) < 4.78 is 1.84. The lowest BCUT2D eigenvalue weighted by Crippen LogP contribution is -1.88. The molecule has 2 N–H and O–H groups in total. The molecule has 0 heterocycles. The molecule has 3 nitrogen and oxygen atoms in total. The Kier molecular flexibility index (Phi) is 4.67. The second-order valence-corrected chi connectivity index (χ2v) is 6.46. The van der Waals surface area contributed by atoms with Gasteiger partial charge in [-0.2, -0.15) is 0 Å². The van der Waals surface area contributed by atoms with E-state index in [-0.39, 0.29) is 11.5 Å². The maximum atomic E-state index is 9.97. The first-order valence-corrected chi connectivity index (χ1v) is 7.65. The second-order valence-electron chi connectivity index (χ2n) is 4.05. The maximum Gasteiger partial charge on any atom is 0.137 e.